The Bertz CT molecular complexity index is 739. The number of aryl methyl sites for hydroxylation is 2. The highest BCUT2D eigenvalue weighted by Gasteiger charge is 2.24. The summed E-state index contributed by atoms with van der Waals surface area (Å²) in [5.74, 6) is 0.753. The predicted octanol–water partition coefficient (Wildman–Crippen LogP) is 2.07. The Morgan fingerprint density at radius 1 is 1.16 bits per heavy atom. The van der Waals surface area contributed by atoms with Gasteiger partial charge >= 0.3 is 0 Å². The van der Waals surface area contributed by atoms with Gasteiger partial charge in [-0.3, -0.25) is 14.5 Å². The van der Waals surface area contributed by atoms with Crippen LogP contribution in [0.4, 0.5) is 5.82 Å². The minimum atomic E-state index is -0.0778. The lowest BCUT2D eigenvalue weighted by Gasteiger charge is -2.27. The van der Waals surface area contributed by atoms with Crippen molar-refractivity contribution in [3.05, 3.63) is 47.7 Å². The van der Waals surface area contributed by atoms with Crippen LogP contribution >= 0.6 is 0 Å². The van der Waals surface area contributed by atoms with Crippen molar-refractivity contribution in [3.8, 4) is 0 Å². The van der Waals surface area contributed by atoms with E-state index in [-0.39, 0.29) is 24.7 Å². The van der Waals surface area contributed by atoms with Crippen LogP contribution in [0.3, 0.4) is 0 Å². The van der Waals surface area contributed by atoms with Crippen LogP contribution < -0.4 is 10.2 Å². The number of amides is 2. The lowest BCUT2D eigenvalue weighted by Crippen LogP contribution is -2.38. The number of anilines is 1. The lowest BCUT2D eigenvalue weighted by molar-refractivity contribution is -0.125. The molecule has 0 atom stereocenters. The van der Waals surface area contributed by atoms with Crippen LogP contribution in [0, 0.1) is 6.92 Å². The molecule has 0 aliphatic carbocycles. The number of carbonyl (C=O) groups excluding carboxylic acids is 2. The molecule has 2 aromatic rings. The van der Waals surface area contributed by atoms with Crippen LogP contribution in [-0.2, 0) is 22.6 Å². The maximum Gasteiger partial charge on any atom is 0.228 e. The molecule has 6 nitrogen and oxygen atoms in total. The molecule has 132 valence electrons. The molecule has 0 unspecified atom stereocenters. The summed E-state index contributed by atoms with van der Waals surface area (Å²) in [6, 6.07) is 12.0. The van der Waals surface area contributed by atoms with Gasteiger partial charge in [0.1, 0.15) is 5.82 Å². The Morgan fingerprint density at radius 2 is 1.96 bits per heavy atom. The SMILES string of the molecule is Cc1cc2n(n1)CCCN2C(=O)CCC(=O)NCCc1ccccc1. The molecule has 1 N–H and O–H groups in total. The van der Waals surface area contributed by atoms with Crippen LogP contribution in [-0.4, -0.2) is 34.7 Å². The molecular formula is C19H24N4O2. The monoisotopic (exact) mass is 340 g/mol. The molecule has 1 aliphatic rings. The molecule has 0 fully saturated rings. The first-order valence-corrected chi connectivity index (χ1v) is 8.79. The molecule has 0 radical (unpaired) electrons. The summed E-state index contributed by atoms with van der Waals surface area (Å²) in [7, 11) is 0. The van der Waals surface area contributed by atoms with E-state index >= 15 is 0 Å². The maximum atomic E-state index is 12.5. The number of hydrogen-bond donors (Lipinski definition) is 1. The summed E-state index contributed by atoms with van der Waals surface area (Å²) >= 11 is 0. The molecule has 25 heavy (non-hydrogen) atoms. The first-order chi connectivity index (χ1) is 12.1. The summed E-state index contributed by atoms with van der Waals surface area (Å²) in [5, 5.41) is 7.28. The number of nitrogens with one attached hydrogen (secondary N) is 1. The van der Waals surface area contributed by atoms with Crippen molar-refractivity contribution in [2.24, 2.45) is 0 Å². The topological polar surface area (TPSA) is 67.2 Å². The molecule has 0 spiro atoms. The Kier molecular flexibility index (Phi) is 5.48. The Labute approximate surface area is 147 Å². The zero-order valence-electron chi connectivity index (χ0n) is 14.6. The number of rotatable bonds is 6. The second-order valence-corrected chi connectivity index (χ2v) is 6.35. The molecule has 6 heteroatoms. The highest BCUT2D eigenvalue weighted by molar-refractivity contribution is 5.95. The van der Waals surface area contributed by atoms with E-state index < -0.39 is 0 Å². The van der Waals surface area contributed by atoms with E-state index in [1.807, 2.05) is 48.0 Å². The molecule has 1 aliphatic heterocycles. The van der Waals surface area contributed by atoms with Crippen LogP contribution in [0.5, 0.6) is 0 Å². The molecule has 1 aromatic heterocycles. The van der Waals surface area contributed by atoms with Crippen molar-refractivity contribution in [1.82, 2.24) is 15.1 Å². The molecular weight excluding hydrogens is 316 g/mol. The largest absolute Gasteiger partial charge is 0.356 e. The molecule has 0 saturated heterocycles. The van der Waals surface area contributed by atoms with Gasteiger partial charge in [-0.2, -0.15) is 5.10 Å². The third kappa shape index (κ3) is 4.47. The number of benzene rings is 1. The number of nitrogens with zero attached hydrogens (tertiary/aromatic N) is 3. The maximum absolute atomic E-state index is 12.5. The van der Waals surface area contributed by atoms with Crippen molar-refractivity contribution in [2.45, 2.75) is 39.2 Å². The Morgan fingerprint density at radius 3 is 2.76 bits per heavy atom. The minimum absolute atomic E-state index is 0.0148. The van der Waals surface area contributed by atoms with Crippen molar-refractivity contribution < 1.29 is 9.59 Å². The second-order valence-electron chi connectivity index (χ2n) is 6.35. The third-order valence-electron chi connectivity index (χ3n) is 4.35. The van der Waals surface area contributed by atoms with E-state index in [1.54, 1.807) is 4.90 Å². The van der Waals surface area contributed by atoms with E-state index in [0.29, 0.717) is 13.1 Å². The fraction of sp³-hybridized carbons (Fsp3) is 0.421. The van der Waals surface area contributed by atoms with Gasteiger partial charge in [0.15, 0.2) is 0 Å². The van der Waals surface area contributed by atoms with Gasteiger partial charge in [-0.1, -0.05) is 30.3 Å². The van der Waals surface area contributed by atoms with Crippen LogP contribution in [0.1, 0.15) is 30.5 Å². The molecule has 3 rings (SSSR count). The normalized spacial score (nSPS) is 13.4. The second kappa shape index (κ2) is 7.96. The lowest BCUT2D eigenvalue weighted by atomic mass is 10.1. The van der Waals surface area contributed by atoms with E-state index in [9.17, 15) is 9.59 Å². The summed E-state index contributed by atoms with van der Waals surface area (Å²) in [4.78, 5) is 26.2. The van der Waals surface area contributed by atoms with Crippen LogP contribution in [0.15, 0.2) is 36.4 Å². The van der Waals surface area contributed by atoms with Gasteiger partial charge < -0.3 is 5.32 Å². The first kappa shape index (κ1) is 17.2. The first-order valence-electron chi connectivity index (χ1n) is 8.79. The molecule has 2 amide bonds. The average molecular weight is 340 g/mol. The summed E-state index contributed by atoms with van der Waals surface area (Å²) < 4.78 is 1.87. The van der Waals surface area contributed by atoms with E-state index in [2.05, 4.69) is 10.4 Å². The summed E-state index contributed by atoms with van der Waals surface area (Å²) in [5.41, 5.74) is 2.10. The van der Waals surface area contributed by atoms with Crippen molar-refractivity contribution >= 4 is 17.6 Å². The minimum Gasteiger partial charge on any atom is -0.356 e. The number of fused-ring (bicyclic) bond motifs is 1. The van der Waals surface area contributed by atoms with Crippen molar-refractivity contribution in [1.29, 1.82) is 0 Å². The molecule has 0 bridgehead atoms. The Balaban J connectivity index is 1.44. The van der Waals surface area contributed by atoms with Crippen LogP contribution in [0.25, 0.3) is 0 Å². The summed E-state index contributed by atoms with van der Waals surface area (Å²) in [6.07, 6.45) is 2.13. The molecule has 1 aromatic carbocycles. The van der Waals surface area contributed by atoms with Gasteiger partial charge in [0, 0.05) is 38.5 Å². The van der Waals surface area contributed by atoms with Crippen molar-refractivity contribution in [3.63, 3.8) is 0 Å². The molecule has 0 saturated carbocycles. The van der Waals surface area contributed by atoms with Gasteiger partial charge in [0.25, 0.3) is 0 Å². The summed E-state index contributed by atoms with van der Waals surface area (Å²) in [6.45, 7) is 4.05. The number of carbonyl (C=O) groups is 2. The van der Waals surface area contributed by atoms with Gasteiger partial charge in [-0.15, -0.1) is 0 Å². The van der Waals surface area contributed by atoms with Gasteiger partial charge in [0.05, 0.1) is 5.69 Å². The van der Waals surface area contributed by atoms with Gasteiger partial charge in [-0.25, -0.2) is 4.68 Å². The molecule has 2 heterocycles. The zero-order valence-corrected chi connectivity index (χ0v) is 14.6. The Hall–Kier alpha value is -2.63. The smallest absolute Gasteiger partial charge is 0.228 e. The fourth-order valence-corrected chi connectivity index (χ4v) is 3.09. The van der Waals surface area contributed by atoms with Gasteiger partial charge in [0.2, 0.25) is 11.8 Å². The number of aromatic nitrogens is 2. The highest BCUT2D eigenvalue weighted by atomic mass is 16.2. The highest BCUT2D eigenvalue weighted by Crippen LogP contribution is 2.22. The third-order valence-corrected chi connectivity index (χ3v) is 4.35. The van der Waals surface area contributed by atoms with E-state index in [4.69, 9.17) is 0 Å². The van der Waals surface area contributed by atoms with E-state index in [0.717, 1.165) is 30.9 Å². The fourth-order valence-electron chi connectivity index (χ4n) is 3.09. The van der Waals surface area contributed by atoms with Gasteiger partial charge in [-0.05, 0) is 25.3 Å². The predicted molar refractivity (Wildman–Crippen MR) is 96.3 cm³/mol. The number of hydrogen-bond acceptors (Lipinski definition) is 3. The van der Waals surface area contributed by atoms with E-state index in [1.165, 1.54) is 5.56 Å². The quantitative estimate of drug-likeness (QED) is 0.875. The zero-order chi connectivity index (χ0) is 17.6. The van der Waals surface area contributed by atoms with Crippen LogP contribution in [0.2, 0.25) is 0 Å². The average Bonchev–Trinajstić information content (AvgIpc) is 3.00. The standard InChI is InChI=1S/C19H24N4O2/c1-15-14-18-22(12-5-13-23(18)21-15)19(25)9-8-17(24)20-11-10-16-6-3-2-4-7-16/h2-4,6-7,14H,5,8-13H2,1H3,(H,20,24). The van der Waals surface area contributed by atoms with Crippen molar-refractivity contribution in [2.75, 3.05) is 18.0 Å².